The van der Waals surface area contributed by atoms with Gasteiger partial charge in [-0.05, 0) is 46.5 Å². The van der Waals surface area contributed by atoms with E-state index in [1.807, 2.05) is 80.6 Å². The summed E-state index contributed by atoms with van der Waals surface area (Å²) in [6.07, 6.45) is 1.57. The van der Waals surface area contributed by atoms with Gasteiger partial charge in [0.1, 0.15) is 18.4 Å². The second-order valence-corrected chi connectivity index (χ2v) is 9.87. The molecule has 0 saturated carbocycles. The predicted octanol–water partition coefficient (Wildman–Crippen LogP) is 6.63. The van der Waals surface area contributed by atoms with Crippen LogP contribution >= 0.6 is 23.2 Å². The topological polar surface area (TPSA) is 79.8 Å². The summed E-state index contributed by atoms with van der Waals surface area (Å²) in [7, 11) is 0. The molecule has 0 aromatic heterocycles. The number of nitrogens with zero attached hydrogens (tertiary/aromatic N) is 1. The maximum Gasteiger partial charge on any atom is 0.262 e. The number of benzene rings is 4. The van der Waals surface area contributed by atoms with Crippen molar-refractivity contribution in [3.8, 4) is 5.75 Å². The van der Waals surface area contributed by atoms with Gasteiger partial charge in [-0.2, -0.15) is 5.10 Å². The van der Waals surface area contributed by atoms with Crippen LogP contribution in [-0.2, 0) is 11.4 Å². The Kier molecular flexibility index (Phi) is 9.00. The van der Waals surface area contributed by atoms with Crippen LogP contribution in [0.4, 0.5) is 0 Å². The molecule has 0 fully saturated rings. The maximum atomic E-state index is 13.0. The Morgan fingerprint density at radius 1 is 0.947 bits per heavy atom. The molecule has 4 rings (SSSR count). The third kappa shape index (κ3) is 6.71. The molecule has 6 nitrogen and oxygen atoms in total. The molecular weight excluding hydrogens is 521 g/mol. The number of rotatable bonds is 9. The average Bonchev–Trinajstić information content (AvgIpc) is 2.91. The average molecular weight is 548 g/mol. The molecule has 0 saturated heterocycles. The number of hydrazone groups is 1. The van der Waals surface area contributed by atoms with Gasteiger partial charge in [-0.15, -0.1) is 0 Å². The summed E-state index contributed by atoms with van der Waals surface area (Å²) in [6, 6.07) is 25.3. The minimum Gasteiger partial charge on any atom is -0.488 e. The van der Waals surface area contributed by atoms with E-state index in [9.17, 15) is 9.59 Å². The van der Waals surface area contributed by atoms with Crippen LogP contribution in [0.3, 0.4) is 0 Å². The molecule has 1 unspecified atom stereocenters. The van der Waals surface area contributed by atoms with Gasteiger partial charge in [-0.1, -0.05) is 97.7 Å². The van der Waals surface area contributed by atoms with Crippen molar-refractivity contribution in [1.29, 1.82) is 0 Å². The van der Waals surface area contributed by atoms with E-state index in [4.69, 9.17) is 27.9 Å². The SMILES string of the molecule is CC(C)C(NC(=O)c1ccc(Cl)cc1Cl)C(=O)N/N=C/c1c(OCc2ccccc2)ccc2ccccc12. The highest BCUT2D eigenvalue weighted by atomic mass is 35.5. The number of amides is 2. The van der Waals surface area contributed by atoms with Crippen LogP contribution in [0.2, 0.25) is 10.0 Å². The number of nitrogens with one attached hydrogen (secondary N) is 2. The van der Waals surface area contributed by atoms with E-state index in [2.05, 4.69) is 15.8 Å². The van der Waals surface area contributed by atoms with Crippen LogP contribution in [0, 0.1) is 5.92 Å². The van der Waals surface area contributed by atoms with E-state index in [1.165, 1.54) is 12.1 Å². The largest absolute Gasteiger partial charge is 0.488 e. The number of hydrogen-bond donors (Lipinski definition) is 2. The molecule has 4 aromatic rings. The number of carbonyl (C=O) groups is 2. The summed E-state index contributed by atoms with van der Waals surface area (Å²) in [5.41, 5.74) is 4.56. The molecule has 38 heavy (non-hydrogen) atoms. The van der Waals surface area contributed by atoms with Gasteiger partial charge in [0.15, 0.2) is 0 Å². The van der Waals surface area contributed by atoms with Gasteiger partial charge in [-0.3, -0.25) is 9.59 Å². The number of halogens is 2. The molecule has 0 radical (unpaired) electrons. The Morgan fingerprint density at radius 3 is 2.42 bits per heavy atom. The highest BCUT2D eigenvalue weighted by Crippen LogP contribution is 2.27. The molecule has 8 heteroatoms. The van der Waals surface area contributed by atoms with Gasteiger partial charge in [-0.25, -0.2) is 5.43 Å². The Hall–Kier alpha value is -3.87. The Balaban J connectivity index is 1.52. The lowest BCUT2D eigenvalue weighted by Crippen LogP contribution is -2.48. The fraction of sp³-hybridized carbons (Fsp3) is 0.167. The second-order valence-electron chi connectivity index (χ2n) is 9.03. The van der Waals surface area contributed by atoms with Crippen molar-refractivity contribution >= 4 is 52.0 Å². The van der Waals surface area contributed by atoms with Crippen molar-refractivity contribution in [2.75, 3.05) is 0 Å². The van der Waals surface area contributed by atoms with Gasteiger partial charge in [0.05, 0.1) is 16.8 Å². The van der Waals surface area contributed by atoms with Gasteiger partial charge < -0.3 is 10.1 Å². The summed E-state index contributed by atoms with van der Waals surface area (Å²) >= 11 is 12.1. The smallest absolute Gasteiger partial charge is 0.262 e. The van der Waals surface area contributed by atoms with Crippen LogP contribution in [0.5, 0.6) is 5.75 Å². The number of carbonyl (C=O) groups excluding carboxylic acids is 2. The van der Waals surface area contributed by atoms with Crippen LogP contribution in [0.25, 0.3) is 10.8 Å². The zero-order chi connectivity index (χ0) is 27.1. The van der Waals surface area contributed by atoms with Gasteiger partial charge in [0, 0.05) is 10.6 Å². The molecule has 2 N–H and O–H groups in total. The van der Waals surface area contributed by atoms with Crippen molar-refractivity contribution in [3.63, 3.8) is 0 Å². The molecule has 194 valence electrons. The van der Waals surface area contributed by atoms with Crippen molar-refractivity contribution in [1.82, 2.24) is 10.7 Å². The lowest BCUT2D eigenvalue weighted by atomic mass is 10.0. The Bertz CT molecular complexity index is 1470. The minimum absolute atomic E-state index is 0.204. The molecule has 2 amide bonds. The van der Waals surface area contributed by atoms with Crippen LogP contribution in [0.15, 0.2) is 90.0 Å². The van der Waals surface area contributed by atoms with E-state index in [0.29, 0.717) is 17.4 Å². The lowest BCUT2D eigenvalue weighted by molar-refractivity contribution is -0.123. The third-order valence-corrected chi connectivity index (χ3v) is 6.50. The second kappa shape index (κ2) is 12.6. The summed E-state index contributed by atoms with van der Waals surface area (Å²) < 4.78 is 6.11. The molecule has 0 spiro atoms. The normalized spacial score (nSPS) is 12.0. The van der Waals surface area contributed by atoms with E-state index < -0.39 is 17.9 Å². The molecule has 0 aliphatic rings. The van der Waals surface area contributed by atoms with E-state index >= 15 is 0 Å². The number of hydrogen-bond acceptors (Lipinski definition) is 4. The summed E-state index contributed by atoms with van der Waals surface area (Å²) in [4.78, 5) is 25.8. The Morgan fingerprint density at radius 2 is 1.68 bits per heavy atom. The molecule has 0 aliphatic carbocycles. The predicted molar refractivity (Wildman–Crippen MR) is 153 cm³/mol. The first-order valence-corrected chi connectivity index (χ1v) is 12.9. The number of ether oxygens (including phenoxy) is 1. The zero-order valence-corrected chi connectivity index (χ0v) is 22.5. The summed E-state index contributed by atoms with van der Waals surface area (Å²) in [6.45, 7) is 4.05. The molecule has 0 aliphatic heterocycles. The molecule has 1 atom stereocenters. The van der Waals surface area contributed by atoms with Gasteiger partial charge >= 0.3 is 0 Å². The fourth-order valence-electron chi connectivity index (χ4n) is 3.93. The minimum atomic E-state index is -0.840. The Labute approximate surface area is 231 Å². The fourth-order valence-corrected chi connectivity index (χ4v) is 4.42. The van der Waals surface area contributed by atoms with Crippen molar-refractivity contribution < 1.29 is 14.3 Å². The monoisotopic (exact) mass is 547 g/mol. The summed E-state index contributed by atoms with van der Waals surface area (Å²) in [5.74, 6) is -0.504. The highest BCUT2D eigenvalue weighted by Gasteiger charge is 2.25. The molecular formula is C30H27Cl2N3O3. The molecule has 0 bridgehead atoms. The third-order valence-electron chi connectivity index (χ3n) is 5.95. The number of fused-ring (bicyclic) bond motifs is 1. The lowest BCUT2D eigenvalue weighted by Gasteiger charge is -2.21. The zero-order valence-electron chi connectivity index (χ0n) is 20.9. The van der Waals surface area contributed by atoms with Gasteiger partial charge in [0.25, 0.3) is 11.8 Å². The molecule has 0 heterocycles. The highest BCUT2D eigenvalue weighted by molar-refractivity contribution is 6.36. The van der Waals surface area contributed by atoms with E-state index in [-0.39, 0.29) is 16.5 Å². The standard InChI is InChI=1S/C30H27Cl2N3O3/c1-19(2)28(34-29(36)24-14-13-22(31)16-26(24)32)30(37)35-33-17-25-23-11-7-6-10-21(23)12-15-27(25)38-18-20-8-4-3-5-9-20/h3-17,19,28H,18H2,1-2H3,(H,34,36)(H,35,37)/b33-17+. The van der Waals surface area contributed by atoms with Crippen LogP contribution < -0.4 is 15.5 Å². The van der Waals surface area contributed by atoms with Gasteiger partial charge in [0.2, 0.25) is 0 Å². The summed E-state index contributed by atoms with van der Waals surface area (Å²) in [5, 5.41) is 9.53. The van der Waals surface area contributed by atoms with E-state index in [1.54, 1.807) is 12.3 Å². The first-order chi connectivity index (χ1) is 18.3. The van der Waals surface area contributed by atoms with Crippen molar-refractivity contribution in [3.05, 3.63) is 112 Å². The first-order valence-electron chi connectivity index (χ1n) is 12.1. The van der Waals surface area contributed by atoms with Crippen LogP contribution in [0.1, 0.15) is 35.3 Å². The van der Waals surface area contributed by atoms with Crippen molar-refractivity contribution in [2.45, 2.75) is 26.5 Å². The quantitative estimate of drug-likeness (QED) is 0.182. The first kappa shape index (κ1) is 27.2. The maximum absolute atomic E-state index is 13.0. The van der Waals surface area contributed by atoms with Crippen LogP contribution in [-0.4, -0.2) is 24.1 Å². The van der Waals surface area contributed by atoms with E-state index in [0.717, 1.165) is 21.9 Å². The molecule has 4 aromatic carbocycles. The van der Waals surface area contributed by atoms with Crippen molar-refractivity contribution in [2.24, 2.45) is 11.0 Å².